The molecule has 1 aromatic carbocycles. The molecule has 3 N–H and O–H groups in total. The zero-order valence-electron chi connectivity index (χ0n) is 10.8. The topological polar surface area (TPSA) is 65.4 Å². The van der Waals surface area contributed by atoms with Gasteiger partial charge in [-0.05, 0) is 31.2 Å². The molecule has 0 spiro atoms. The van der Waals surface area contributed by atoms with Crippen LogP contribution in [0.5, 0.6) is 0 Å². The molecule has 0 fully saturated rings. The van der Waals surface area contributed by atoms with E-state index >= 15 is 0 Å². The average Bonchev–Trinajstić information content (AvgIpc) is 2.40. The Labute approximate surface area is 115 Å². The lowest BCUT2D eigenvalue weighted by molar-refractivity contribution is 0.470. The molecule has 0 aliphatic rings. The number of nitrogens with zero attached hydrogens (tertiary/aromatic N) is 1. The fourth-order valence-corrected chi connectivity index (χ4v) is 2.75. The van der Waals surface area contributed by atoms with Crippen molar-refractivity contribution in [1.29, 1.82) is 0 Å². The van der Waals surface area contributed by atoms with Gasteiger partial charge in [0.2, 0.25) is 0 Å². The summed E-state index contributed by atoms with van der Waals surface area (Å²) in [5, 5.41) is 0. The first-order valence-electron chi connectivity index (χ1n) is 6.07. The van der Waals surface area contributed by atoms with Crippen LogP contribution in [0.4, 0.5) is 0 Å². The van der Waals surface area contributed by atoms with Gasteiger partial charge in [0.05, 0.1) is 4.90 Å². The van der Waals surface area contributed by atoms with Crippen molar-refractivity contribution in [2.45, 2.75) is 18.2 Å². The predicted octanol–water partition coefficient (Wildman–Crippen LogP) is 3.25. The predicted molar refractivity (Wildman–Crippen MR) is 78.2 cm³/mol. The van der Waals surface area contributed by atoms with Gasteiger partial charge in [-0.1, -0.05) is 23.8 Å². The summed E-state index contributed by atoms with van der Waals surface area (Å²) in [5.74, 6) is 0. The van der Waals surface area contributed by atoms with Crippen molar-refractivity contribution in [3.63, 3.8) is 0 Å². The Kier molecular flexibility index (Phi) is 4.55. The maximum Gasteiger partial charge on any atom is 0.0750 e. The van der Waals surface area contributed by atoms with Crippen LogP contribution in [-0.2, 0) is 6.42 Å². The van der Waals surface area contributed by atoms with E-state index in [1.807, 2.05) is 37.3 Å². The molecular formula is C14H18N2O2S. The van der Waals surface area contributed by atoms with Crippen molar-refractivity contribution in [3.05, 3.63) is 59.9 Å². The molecule has 0 saturated heterocycles. The first-order chi connectivity index (χ1) is 9.08. The third-order valence-electron chi connectivity index (χ3n) is 2.76. The highest BCUT2D eigenvalue weighted by atomic mass is 32.3. The van der Waals surface area contributed by atoms with Crippen LogP contribution in [0.3, 0.4) is 0 Å². The van der Waals surface area contributed by atoms with E-state index in [4.69, 9.17) is 0 Å². The van der Waals surface area contributed by atoms with Gasteiger partial charge in [-0.3, -0.25) is 14.1 Å². The molecule has 0 radical (unpaired) electrons. The third kappa shape index (κ3) is 4.04. The molecule has 102 valence electrons. The lowest BCUT2D eigenvalue weighted by atomic mass is 10.2. The van der Waals surface area contributed by atoms with Crippen molar-refractivity contribution < 1.29 is 9.11 Å². The quantitative estimate of drug-likeness (QED) is 0.785. The number of hydrogen-bond donors (Lipinski definition) is 3. The van der Waals surface area contributed by atoms with E-state index in [0.717, 1.165) is 11.3 Å². The van der Waals surface area contributed by atoms with Gasteiger partial charge in [0, 0.05) is 24.9 Å². The number of pyridine rings is 1. The molecule has 1 heterocycles. The van der Waals surface area contributed by atoms with Gasteiger partial charge in [-0.15, -0.1) is 10.8 Å². The van der Waals surface area contributed by atoms with Crippen LogP contribution in [0.25, 0.3) is 0 Å². The summed E-state index contributed by atoms with van der Waals surface area (Å²) < 4.78 is 22.9. The maximum atomic E-state index is 10.1. The summed E-state index contributed by atoms with van der Waals surface area (Å²) in [7, 11) is -2.92. The molecule has 2 aromatic rings. The van der Waals surface area contributed by atoms with Crippen molar-refractivity contribution in [2.75, 3.05) is 6.54 Å². The average molecular weight is 278 g/mol. The molecule has 0 amide bonds. The van der Waals surface area contributed by atoms with Crippen LogP contribution >= 0.6 is 10.8 Å². The van der Waals surface area contributed by atoms with Crippen molar-refractivity contribution in [2.24, 2.45) is 0 Å². The number of aryl methyl sites for hydroxylation is 1. The lowest BCUT2D eigenvalue weighted by Gasteiger charge is -2.33. The molecule has 0 bridgehead atoms. The highest BCUT2D eigenvalue weighted by Crippen LogP contribution is 2.43. The number of hydrogen-bond acceptors (Lipinski definition) is 4. The van der Waals surface area contributed by atoms with E-state index in [1.54, 1.807) is 18.3 Å². The molecule has 1 aromatic heterocycles. The van der Waals surface area contributed by atoms with Gasteiger partial charge in [-0.25, -0.2) is 4.72 Å². The second-order valence-corrected chi connectivity index (χ2v) is 6.19. The third-order valence-corrected chi connectivity index (χ3v) is 4.30. The van der Waals surface area contributed by atoms with Gasteiger partial charge >= 0.3 is 0 Å². The summed E-state index contributed by atoms with van der Waals surface area (Å²) in [6.07, 6.45) is 2.38. The van der Waals surface area contributed by atoms with Gasteiger partial charge in [0.15, 0.2) is 0 Å². The fourth-order valence-electron chi connectivity index (χ4n) is 1.68. The summed E-state index contributed by atoms with van der Waals surface area (Å²) in [6, 6.07) is 12.9. The van der Waals surface area contributed by atoms with Crippen molar-refractivity contribution >= 4 is 10.8 Å². The van der Waals surface area contributed by atoms with Crippen LogP contribution in [0.2, 0.25) is 0 Å². The molecule has 0 unspecified atom stereocenters. The summed E-state index contributed by atoms with van der Waals surface area (Å²) in [5.41, 5.74) is 2.02. The monoisotopic (exact) mass is 278 g/mol. The van der Waals surface area contributed by atoms with Gasteiger partial charge in [0.1, 0.15) is 0 Å². The number of nitrogens with one attached hydrogen (secondary N) is 1. The Morgan fingerprint density at radius 1 is 1.11 bits per heavy atom. The molecule has 4 nitrogen and oxygen atoms in total. The van der Waals surface area contributed by atoms with Gasteiger partial charge in [-0.2, -0.15) is 0 Å². The van der Waals surface area contributed by atoms with E-state index in [1.165, 1.54) is 0 Å². The van der Waals surface area contributed by atoms with Crippen LogP contribution in [0.15, 0.2) is 53.6 Å². The normalized spacial score (nSPS) is 12.4. The van der Waals surface area contributed by atoms with E-state index in [0.29, 0.717) is 17.9 Å². The fraction of sp³-hybridized carbons (Fsp3) is 0.214. The molecule has 5 heteroatoms. The Balaban J connectivity index is 1.92. The minimum Gasteiger partial charge on any atom is -0.282 e. The van der Waals surface area contributed by atoms with E-state index in [9.17, 15) is 9.11 Å². The Hall–Kier alpha value is -1.40. The standard InChI is InChI=1S/C14H18N2O2S/c1-12-5-7-14(8-6-12)19(17,18)16-11-9-13-4-2-3-10-15-13/h2-8,10,16-18H,9,11H2,1H3. The second kappa shape index (κ2) is 6.16. The molecular weight excluding hydrogens is 260 g/mol. The van der Waals surface area contributed by atoms with E-state index in [2.05, 4.69) is 9.71 Å². The first kappa shape index (κ1) is 14.0. The van der Waals surface area contributed by atoms with Gasteiger partial charge in [0.25, 0.3) is 0 Å². The molecule has 0 saturated carbocycles. The summed E-state index contributed by atoms with van der Waals surface area (Å²) >= 11 is 0. The van der Waals surface area contributed by atoms with Crippen LogP contribution < -0.4 is 4.72 Å². The van der Waals surface area contributed by atoms with Crippen LogP contribution in [0, 0.1) is 6.92 Å². The number of aromatic nitrogens is 1. The Morgan fingerprint density at radius 3 is 2.47 bits per heavy atom. The number of benzene rings is 1. The van der Waals surface area contributed by atoms with E-state index in [-0.39, 0.29) is 0 Å². The van der Waals surface area contributed by atoms with Crippen molar-refractivity contribution in [1.82, 2.24) is 9.71 Å². The Morgan fingerprint density at radius 2 is 1.84 bits per heavy atom. The van der Waals surface area contributed by atoms with E-state index < -0.39 is 10.8 Å². The highest BCUT2D eigenvalue weighted by Gasteiger charge is 2.14. The maximum absolute atomic E-state index is 10.1. The van der Waals surface area contributed by atoms with Crippen molar-refractivity contribution in [3.8, 4) is 0 Å². The Bertz CT molecular complexity index is 515. The minimum atomic E-state index is -2.92. The zero-order valence-corrected chi connectivity index (χ0v) is 11.6. The molecule has 2 rings (SSSR count). The lowest BCUT2D eigenvalue weighted by Crippen LogP contribution is -2.22. The smallest absolute Gasteiger partial charge is 0.0750 e. The molecule has 0 aliphatic carbocycles. The largest absolute Gasteiger partial charge is 0.282 e. The molecule has 0 aliphatic heterocycles. The zero-order chi connectivity index (χ0) is 13.7. The minimum absolute atomic E-state index is 0.465. The second-order valence-electron chi connectivity index (χ2n) is 4.33. The molecule has 19 heavy (non-hydrogen) atoms. The summed E-state index contributed by atoms with van der Waals surface area (Å²) in [6.45, 7) is 2.43. The summed E-state index contributed by atoms with van der Waals surface area (Å²) in [4.78, 5) is 4.70. The highest BCUT2D eigenvalue weighted by molar-refractivity contribution is 8.22. The SMILES string of the molecule is Cc1ccc(S(O)(O)NCCc2ccccn2)cc1. The number of rotatable bonds is 5. The first-order valence-corrected chi connectivity index (χ1v) is 7.62. The van der Waals surface area contributed by atoms with Gasteiger partial charge < -0.3 is 0 Å². The van der Waals surface area contributed by atoms with Crippen LogP contribution in [0.1, 0.15) is 11.3 Å². The van der Waals surface area contributed by atoms with Crippen LogP contribution in [-0.4, -0.2) is 20.6 Å². The molecule has 0 atom stereocenters.